The lowest BCUT2D eigenvalue weighted by Gasteiger charge is -2.29. The Morgan fingerprint density at radius 2 is 1.97 bits per heavy atom. The lowest BCUT2D eigenvalue weighted by Crippen LogP contribution is -2.35. The number of halogens is 1. The van der Waals surface area contributed by atoms with Gasteiger partial charge in [-0.15, -0.1) is 5.10 Å². The van der Waals surface area contributed by atoms with Crippen molar-refractivity contribution < 1.29 is 17.5 Å². The number of nitrogens with zero attached hydrogens (tertiary/aromatic N) is 4. The molecule has 0 saturated carbocycles. The van der Waals surface area contributed by atoms with E-state index in [0.29, 0.717) is 28.3 Å². The first-order chi connectivity index (χ1) is 16.1. The number of pyridine rings is 1. The number of rotatable bonds is 7. The summed E-state index contributed by atoms with van der Waals surface area (Å²) >= 11 is 0. The molecule has 0 atom stereocenters. The molecule has 1 aliphatic heterocycles. The van der Waals surface area contributed by atoms with Gasteiger partial charge in [0.2, 0.25) is 26.8 Å². The van der Waals surface area contributed by atoms with Crippen molar-refractivity contribution in [3.63, 3.8) is 0 Å². The van der Waals surface area contributed by atoms with Crippen LogP contribution in [0.3, 0.4) is 0 Å². The number of sulfone groups is 1. The molecule has 2 aromatic heterocycles. The SMILES string of the molecule is CC(C)c1cc(F)cc(-c2ccnc(OC3CCN(C)CC3)c2)c1Nc1n[nH]c(S(C)(=O)=O)n1. The Kier molecular flexibility index (Phi) is 6.85. The fourth-order valence-corrected chi connectivity index (χ4v) is 4.41. The van der Waals surface area contributed by atoms with Crippen molar-refractivity contribution in [1.29, 1.82) is 0 Å². The predicted octanol–water partition coefficient (Wildman–Crippen LogP) is 3.75. The Morgan fingerprint density at radius 1 is 1.24 bits per heavy atom. The predicted molar refractivity (Wildman–Crippen MR) is 128 cm³/mol. The summed E-state index contributed by atoms with van der Waals surface area (Å²) in [6.45, 7) is 5.83. The van der Waals surface area contributed by atoms with Gasteiger partial charge in [0, 0.05) is 37.2 Å². The van der Waals surface area contributed by atoms with Crippen LogP contribution in [0.25, 0.3) is 11.1 Å². The highest BCUT2D eigenvalue weighted by atomic mass is 32.2. The molecule has 9 nitrogen and oxygen atoms in total. The van der Waals surface area contributed by atoms with E-state index in [-0.39, 0.29) is 28.9 Å². The van der Waals surface area contributed by atoms with Gasteiger partial charge in [-0.1, -0.05) is 13.8 Å². The first-order valence-corrected chi connectivity index (χ1v) is 13.0. The molecule has 2 N–H and O–H groups in total. The van der Waals surface area contributed by atoms with E-state index in [0.717, 1.165) is 32.2 Å². The van der Waals surface area contributed by atoms with Crippen LogP contribution in [0.5, 0.6) is 5.88 Å². The van der Waals surface area contributed by atoms with E-state index >= 15 is 0 Å². The topological polar surface area (TPSA) is 113 Å². The number of likely N-dealkylation sites (tertiary alicyclic amines) is 1. The van der Waals surface area contributed by atoms with Gasteiger partial charge in [0.05, 0.1) is 5.69 Å². The maximum Gasteiger partial charge on any atom is 0.247 e. The molecule has 0 radical (unpaired) electrons. The molecule has 34 heavy (non-hydrogen) atoms. The Labute approximate surface area is 198 Å². The Balaban J connectivity index is 1.71. The summed E-state index contributed by atoms with van der Waals surface area (Å²) in [5.74, 6) is 0.144. The van der Waals surface area contributed by atoms with Gasteiger partial charge in [-0.25, -0.2) is 22.9 Å². The summed E-state index contributed by atoms with van der Waals surface area (Å²) in [5, 5.41) is 9.25. The Bertz CT molecular complexity index is 1270. The van der Waals surface area contributed by atoms with E-state index in [9.17, 15) is 12.8 Å². The third kappa shape index (κ3) is 5.53. The minimum absolute atomic E-state index is 0.0259. The quantitative estimate of drug-likeness (QED) is 0.517. The molecule has 1 aromatic carbocycles. The zero-order chi connectivity index (χ0) is 24.5. The van der Waals surface area contributed by atoms with Gasteiger partial charge in [0.15, 0.2) is 0 Å². The van der Waals surface area contributed by atoms with E-state index < -0.39 is 9.84 Å². The number of hydrogen-bond donors (Lipinski definition) is 2. The van der Waals surface area contributed by atoms with Crippen molar-refractivity contribution in [2.45, 2.75) is 43.9 Å². The third-order valence-electron chi connectivity index (χ3n) is 5.81. The van der Waals surface area contributed by atoms with Crippen LogP contribution in [0.2, 0.25) is 0 Å². The molecule has 0 amide bonds. The van der Waals surface area contributed by atoms with Gasteiger partial charge in [0.1, 0.15) is 11.9 Å². The van der Waals surface area contributed by atoms with Crippen molar-refractivity contribution in [3.05, 3.63) is 41.8 Å². The highest BCUT2D eigenvalue weighted by Crippen LogP contribution is 2.38. The molecule has 1 fully saturated rings. The zero-order valence-electron chi connectivity index (χ0n) is 19.7. The maximum absolute atomic E-state index is 14.7. The van der Waals surface area contributed by atoms with Crippen LogP contribution in [0.15, 0.2) is 35.6 Å². The second-order valence-electron chi connectivity index (χ2n) is 8.94. The molecular weight excluding hydrogens is 459 g/mol. The van der Waals surface area contributed by atoms with Crippen LogP contribution >= 0.6 is 0 Å². The molecule has 0 aliphatic carbocycles. The van der Waals surface area contributed by atoms with Crippen LogP contribution in [-0.2, 0) is 9.84 Å². The van der Waals surface area contributed by atoms with E-state index in [2.05, 4.69) is 37.4 Å². The van der Waals surface area contributed by atoms with Crippen molar-refractivity contribution in [2.24, 2.45) is 0 Å². The highest BCUT2D eigenvalue weighted by molar-refractivity contribution is 7.90. The molecule has 0 spiro atoms. The number of hydrogen-bond acceptors (Lipinski definition) is 8. The van der Waals surface area contributed by atoms with E-state index in [1.54, 1.807) is 18.3 Å². The summed E-state index contributed by atoms with van der Waals surface area (Å²) in [4.78, 5) is 10.7. The summed E-state index contributed by atoms with van der Waals surface area (Å²) in [6, 6.07) is 6.46. The molecular formula is C23H29FN6O3S. The molecule has 1 saturated heterocycles. The average Bonchev–Trinajstić information content (AvgIpc) is 3.26. The Hall–Kier alpha value is -3.05. The van der Waals surface area contributed by atoms with Crippen LogP contribution in [0, 0.1) is 5.82 Å². The number of aromatic amines is 1. The highest BCUT2D eigenvalue weighted by Gasteiger charge is 2.21. The molecule has 1 aliphatic rings. The maximum atomic E-state index is 14.7. The number of nitrogens with one attached hydrogen (secondary N) is 2. The third-order valence-corrected chi connectivity index (χ3v) is 6.69. The van der Waals surface area contributed by atoms with E-state index in [1.165, 1.54) is 12.1 Å². The minimum atomic E-state index is -3.55. The average molecular weight is 489 g/mol. The van der Waals surface area contributed by atoms with Crippen LogP contribution in [0.1, 0.15) is 38.2 Å². The molecule has 11 heteroatoms. The molecule has 3 heterocycles. The van der Waals surface area contributed by atoms with Crippen molar-refractivity contribution in [3.8, 4) is 17.0 Å². The fourth-order valence-electron chi connectivity index (χ4n) is 3.95. The number of piperidine rings is 1. The minimum Gasteiger partial charge on any atom is -0.474 e. The molecule has 182 valence electrons. The first kappa shape index (κ1) is 24.1. The van der Waals surface area contributed by atoms with Crippen molar-refractivity contribution in [1.82, 2.24) is 25.1 Å². The lowest BCUT2D eigenvalue weighted by atomic mass is 9.94. The van der Waals surface area contributed by atoms with Gasteiger partial charge in [0.25, 0.3) is 0 Å². The molecule has 0 bridgehead atoms. The number of aromatic nitrogens is 4. The normalized spacial score (nSPS) is 15.6. The smallest absolute Gasteiger partial charge is 0.247 e. The van der Waals surface area contributed by atoms with E-state index in [4.69, 9.17) is 4.74 Å². The van der Waals surface area contributed by atoms with Crippen LogP contribution in [0.4, 0.5) is 16.0 Å². The van der Waals surface area contributed by atoms with E-state index in [1.807, 2.05) is 13.8 Å². The second-order valence-corrected chi connectivity index (χ2v) is 10.9. The van der Waals surface area contributed by atoms with Crippen LogP contribution < -0.4 is 10.1 Å². The lowest BCUT2D eigenvalue weighted by molar-refractivity contribution is 0.110. The van der Waals surface area contributed by atoms with Crippen molar-refractivity contribution in [2.75, 3.05) is 31.7 Å². The fraction of sp³-hybridized carbons (Fsp3) is 0.435. The van der Waals surface area contributed by atoms with Crippen LogP contribution in [-0.4, -0.2) is 66.0 Å². The summed E-state index contributed by atoms with van der Waals surface area (Å²) in [5.41, 5.74) is 2.58. The first-order valence-electron chi connectivity index (χ1n) is 11.1. The number of benzene rings is 1. The summed E-state index contributed by atoms with van der Waals surface area (Å²) in [7, 11) is -1.46. The van der Waals surface area contributed by atoms with Crippen molar-refractivity contribution >= 4 is 21.5 Å². The molecule has 3 aromatic rings. The van der Waals surface area contributed by atoms with Gasteiger partial charge < -0.3 is 15.0 Å². The van der Waals surface area contributed by atoms with Gasteiger partial charge in [-0.3, -0.25) is 0 Å². The van der Waals surface area contributed by atoms with Gasteiger partial charge in [-0.2, -0.15) is 4.98 Å². The van der Waals surface area contributed by atoms with Gasteiger partial charge >= 0.3 is 0 Å². The standard InChI is InChI=1S/C23H29FN6O3S/c1-14(2)18-12-16(24)13-19(21(18)26-22-27-23(29-28-22)34(4,31)32)15-5-8-25-20(11-15)33-17-6-9-30(3)10-7-17/h5,8,11-14,17H,6-7,9-10H2,1-4H3,(H2,26,27,28,29). The zero-order valence-corrected chi connectivity index (χ0v) is 20.5. The number of ether oxygens (including phenoxy) is 1. The monoisotopic (exact) mass is 488 g/mol. The van der Waals surface area contributed by atoms with Gasteiger partial charge in [-0.05, 0) is 55.1 Å². The second kappa shape index (κ2) is 9.67. The number of H-pyrrole nitrogens is 1. The Morgan fingerprint density at radius 3 is 2.62 bits per heavy atom. The summed E-state index contributed by atoms with van der Waals surface area (Å²) in [6.07, 6.45) is 4.60. The molecule has 0 unspecified atom stereocenters. The number of anilines is 2. The largest absolute Gasteiger partial charge is 0.474 e. The molecule has 4 rings (SSSR count). The summed E-state index contributed by atoms with van der Waals surface area (Å²) < 4.78 is 44.4.